The molecule has 7 nitrogen and oxygen atoms in total. The van der Waals surface area contributed by atoms with Gasteiger partial charge in [0, 0.05) is 17.3 Å². The van der Waals surface area contributed by atoms with Crippen LogP contribution in [0.25, 0.3) is 11.3 Å². The number of hydrogen-bond acceptors (Lipinski definition) is 5. The minimum atomic E-state index is -0.615. The number of benzene rings is 2. The van der Waals surface area contributed by atoms with Crippen molar-refractivity contribution < 1.29 is 14.3 Å². The predicted molar refractivity (Wildman–Crippen MR) is 116 cm³/mol. The number of methoxy groups -OCH3 is 1. The monoisotopic (exact) mass is 416 g/mol. The summed E-state index contributed by atoms with van der Waals surface area (Å²) in [5.41, 5.74) is 3.79. The Hall–Kier alpha value is -3.92. The maximum atomic E-state index is 13.1. The summed E-state index contributed by atoms with van der Waals surface area (Å²) in [5, 5.41) is 19.2. The quantitative estimate of drug-likeness (QED) is 0.574. The fourth-order valence-corrected chi connectivity index (χ4v) is 3.53. The third-order valence-corrected chi connectivity index (χ3v) is 5.20. The molecular weight excluding hydrogens is 392 g/mol. The molecule has 1 amide bonds. The standard InChI is InChI=1S/C24H24N4O3/c1-15(20(24(30)31-3)13-17-8-7-9-18(12-17)14-25)26-23(29)21-16(2)27-28-22(21)19-10-5-4-6-11-19/h4-12,15,20H,13H2,1-3H3,(H,26,29)(H,27,28). The Morgan fingerprint density at radius 2 is 1.94 bits per heavy atom. The first-order valence-electron chi connectivity index (χ1n) is 9.92. The van der Waals surface area contributed by atoms with Crippen LogP contribution in [-0.2, 0) is 16.0 Å². The fraction of sp³-hybridized carbons (Fsp3) is 0.250. The highest BCUT2D eigenvalue weighted by Gasteiger charge is 2.29. The van der Waals surface area contributed by atoms with E-state index in [1.807, 2.05) is 36.4 Å². The summed E-state index contributed by atoms with van der Waals surface area (Å²) in [5.74, 6) is -1.37. The summed E-state index contributed by atoms with van der Waals surface area (Å²) in [6.45, 7) is 3.55. The molecule has 2 unspecified atom stereocenters. The van der Waals surface area contributed by atoms with E-state index >= 15 is 0 Å². The van der Waals surface area contributed by atoms with E-state index in [0.717, 1.165) is 11.1 Å². The van der Waals surface area contributed by atoms with Crippen LogP contribution in [0.1, 0.15) is 34.1 Å². The highest BCUT2D eigenvalue weighted by Crippen LogP contribution is 2.24. The van der Waals surface area contributed by atoms with E-state index in [0.29, 0.717) is 28.9 Å². The lowest BCUT2D eigenvalue weighted by Gasteiger charge is -2.23. The van der Waals surface area contributed by atoms with Crippen LogP contribution >= 0.6 is 0 Å². The van der Waals surface area contributed by atoms with Gasteiger partial charge in [-0.25, -0.2) is 0 Å². The van der Waals surface area contributed by atoms with Crippen molar-refractivity contribution in [2.75, 3.05) is 7.11 Å². The topological polar surface area (TPSA) is 108 Å². The average molecular weight is 416 g/mol. The summed E-state index contributed by atoms with van der Waals surface area (Å²) < 4.78 is 4.98. The first-order chi connectivity index (χ1) is 14.9. The van der Waals surface area contributed by atoms with Gasteiger partial charge in [-0.2, -0.15) is 10.4 Å². The minimum absolute atomic E-state index is 0.322. The van der Waals surface area contributed by atoms with Crippen molar-refractivity contribution in [2.45, 2.75) is 26.3 Å². The predicted octanol–water partition coefficient (Wildman–Crippen LogP) is 3.41. The third kappa shape index (κ3) is 4.98. The van der Waals surface area contributed by atoms with Gasteiger partial charge in [-0.1, -0.05) is 42.5 Å². The minimum Gasteiger partial charge on any atom is -0.469 e. The van der Waals surface area contributed by atoms with E-state index in [1.165, 1.54) is 7.11 Å². The first-order valence-corrected chi connectivity index (χ1v) is 9.92. The number of nitrogens with zero attached hydrogens (tertiary/aromatic N) is 2. The molecule has 7 heteroatoms. The first kappa shape index (κ1) is 21.8. The van der Waals surface area contributed by atoms with Crippen LogP contribution in [0.4, 0.5) is 0 Å². The lowest BCUT2D eigenvalue weighted by Crippen LogP contribution is -2.43. The SMILES string of the molecule is COC(=O)C(Cc1cccc(C#N)c1)C(C)NC(=O)c1c(-c2ccccc2)n[nH]c1C. The molecule has 0 bridgehead atoms. The van der Waals surface area contributed by atoms with Crippen molar-refractivity contribution in [3.8, 4) is 17.3 Å². The van der Waals surface area contributed by atoms with E-state index in [4.69, 9.17) is 10.00 Å². The van der Waals surface area contributed by atoms with Crippen LogP contribution in [0.2, 0.25) is 0 Å². The van der Waals surface area contributed by atoms with Gasteiger partial charge in [0.25, 0.3) is 5.91 Å². The van der Waals surface area contributed by atoms with Gasteiger partial charge in [-0.3, -0.25) is 14.7 Å². The number of carbonyl (C=O) groups excluding carboxylic acids is 2. The molecule has 0 radical (unpaired) electrons. The molecule has 0 spiro atoms. The van der Waals surface area contributed by atoms with Crippen LogP contribution < -0.4 is 5.32 Å². The molecule has 1 heterocycles. The molecule has 1 aromatic heterocycles. The zero-order chi connectivity index (χ0) is 22.4. The Kier molecular flexibility index (Phi) is 6.83. The number of ether oxygens (including phenoxy) is 1. The molecule has 31 heavy (non-hydrogen) atoms. The molecule has 3 rings (SSSR count). The number of aromatic amines is 1. The molecule has 0 aliphatic rings. The van der Waals surface area contributed by atoms with Crippen molar-refractivity contribution in [2.24, 2.45) is 5.92 Å². The summed E-state index contributed by atoms with van der Waals surface area (Å²) in [4.78, 5) is 25.6. The van der Waals surface area contributed by atoms with E-state index in [2.05, 4.69) is 21.6 Å². The average Bonchev–Trinajstić information content (AvgIpc) is 3.19. The van der Waals surface area contributed by atoms with Gasteiger partial charge in [0.1, 0.15) is 5.69 Å². The Morgan fingerprint density at radius 3 is 2.61 bits per heavy atom. The normalized spacial score (nSPS) is 12.5. The molecule has 2 aromatic carbocycles. The molecule has 3 aromatic rings. The van der Waals surface area contributed by atoms with Crippen LogP contribution in [0, 0.1) is 24.2 Å². The Bertz CT molecular complexity index is 1120. The van der Waals surface area contributed by atoms with Gasteiger partial charge in [-0.05, 0) is 38.0 Å². The lowest BCUT2D eigenvalue weighted by molar-refractivity contribution is -0.146. The second-order valence-electron chi connectivity index (χ2n) is 7.35. The largest absolute Gasteiger partial charge is 0.469 e. The number of esters is 1. The molecule has 0 fully saturated rings. The van der Waals surface area contributed by atoms with Crippen LogP contribution in [0.5, 0.6) is 0 Å². The number of carbonyl (C=O) groups is 2. The summed E-state index contributed by atoms with van der Waals surface area (Å²) in [6, 6.07) is 18.1. The van der Waals surface area contributed by atoms with Crippen molar-refractivity contribution in [1.82, 2.24) is 15.5 Å². The molecule has 0 aliphatic carbocycles. The van der Waals surface area contributed by atoms with Gasteiger partial charge >= 0.3 is 5.97 Å². The molecular formula is C24H24N4O3. The molecule has 0 aliphatic heterocycles. The highest BCUT2D eigenvalue weighted by atomic mass is 16.5. The number of hydrogen-bond donors (Lipinski definition) is 2. The number of nitriles is 1. The van der Waals surface area contributed by atoms with Gasteiger partial charge in [0.05, 0.1) is 30.2 Å². The van der Waals surface area contributed by atoms with E-state index in [9.17, 15) is 9.59 Å². The van der Waals surface area contributed by atoms with E-state index in [1.54, 1.807) is 32.0 Å². The Morgan fingerprint density at radius 1 is 1.19 bits per heavy atom. The number of amides is 1. The summed E-state index contributed by atoms with van der Waals surface area (Å²) in [7, 11) is 1.32. The maximum Gasteiger partial charge on any atom is 0.311 e. The molecule has 0 saturated heterocycles. The number of aryl methyl sites for hydroxylation is 1. The van der Waals surface area contributed by atoms with Crippen LogP contribution in [-0.4, -0.2) is 35.2 Å². The highest BCUT2D eigenvalue weighted by molar-refractivity contribution is 6.01. The zero-order valence-electron chi connectivity index (χ0n) is 17.7. The maximum absolute atomic E-state index is 13.1. The number of rotatable bonds is 7. The smallest absolute Gasteiger partial charge is 0.311 e. The van der Waals surface area contributed by atoms with Gasteiger partial charge in [0.15, 0.2) is 0 Å². The van der Waals surface area contributed by atoms with E-state index < -0.39 is 17.9 Å². The Balaban J connectivity index is 1.83. The summed E-state index contributed by atoms with van der Waals surface area (Å²) in [6.07, 6.45) is 0.333. The number of nitrogens with one attached hydrogen (secondary N) is 2. The fourth-order valence-electron chi connectivity index (χ4n) is 3.53. The zero-order valence-corrected chi connectivity index (χ0v) is 17.7. The van der Waals surface area contributed by atoms with Gasteiger partial charge in [0.2, 0.25) is 0 Å². The van der Waals surface area contributed by atoms with Crippen molar-refractivity contribution >= 4 is 11.9 Å². The van der Waals surface area contributed by atoms with Crippen molar-refractivity contribution in [1.29, 1.82) is 5.26 Å². The number of aromatic nitrogens is 2. The van der Waals surface area contributed by atoms with Crippen molar-refractivity contribution in [3.05, 3.63) is 77.0 Å². The van der Waals surface area contributed by atoms with E-state index in [-0.39, 0.29) is 5.91 Å². The molecule has 2 atom stereocenters. The molecule has 0 saturated carbocycles. The van der Waals surface area contributed by atoms with Gasteiger partial charge in [-0.15, -0.1) is 0 Å². The molecule has 2 N–H and O–H groups in total. The number of H-pyrrole nitrogens is 1. The lowest BCUT2D eigenvalue weighted by atomic mass is 9.92. The molecule has 158 valence electrons. The third-order valence-electron chi connectivity index (χ3n) is 5.20. The van der Waals surface area contributed by atoms with Crippen molar-refractivity contribution in [3.63, 3.8) is 0 Å². The second-order valence-corrected chi connectivity index (χ2v) is 7.35. The van der Waals surface area contributed by atoms with Crippen LogP contribution in [0.15, 0.2) is 54.6 Å². The van der Waals surface area contributed by atoms with Crippen LogP contribution in [0.3, 0.4) is 0 Å². The second kappa shape index (κ2) is 9.72. The summed E-state index contributed by atoms with van der Waals surface area (Å²) >= 11 is 0. The van der Waals surface area contributed by atoms with Gasteiger partial charge < -0.3 is 10.1 Å². The Labute approximate surface area is 181 Å².